The molecule has 2 rings (SSSR count). The van der Waals surface area contributed by atoms with Crippen molar-refractivity contribution in [2.24, 2.45) is 0 Å². The summed E-state index contributed by atoms with van der Waals surface area (Å²) in [5.74, 6) is -2.71. The third-order valence-corrected chi connectivity index (χ3v) is 3.97. The molecular formula is C13H6ClF2NO3S. The molecule has 0 N–H and O–H groups in total. The van der Waals surface area contributed by atoms with E-state index in [1.54, 1.807) is 0 Å². The first-order valence-corrected chi connectivity index (χ1v) is 7.21. The highest BCUT2D eigenvalue weighted by Crippen LogP contribution is 2.28. The van der Waals surface area contributed by atoms with Crippen LogP contribution in [0, 0.1) is 23.0 Å². The fourth-order valence-electron chi connectivity index (χ4n) is 1.44. The van der Waals surface area contributed by atoms with Crippen LogP contribution in [0.25, 0.3) is 0 Å². The molecule has 8 heteroatoms. The van der Waals surface area contributed by atoms with Crippen LogP contribution in [-0.4, -0.2) is 8.42 Å². The second-order valence-corrected chi connectivity index (χ2v) is 5.82. The van der Waals surface area contributed by atoms with Crippen molar-refractivity contribution in [2.45, 2.75) is 4.90 Å². The third-order valence-electron chi connectivity index (χ3n) is 2.44. The maximum absolute atomic E-state index is 13.1. The van der Waals surface area contributed by atoms with Crippen LogP contribution in [0.5, 0.6) is 5.75 Å². The highest BCUT2D eigenvalue weighted by Gasteiger charge is 2.20. The molecule has 0 bridgehead atoms. The van der Waals surface area contributed by atoms with E-state index in [4.69, 9.17) is 21.0 Å². The van der Waals surface area contributed by atoms with Crippen molar-refractivity contribution in [3.8, 4) is 11.8 Å². The highest BCUT2D eigenvalue weighted by molar-refractivity contribution is 7.87. The Bertz CT molecular complexity index is 847. The standard InChI is InChI=1S/C13H6ClF2NO3S/c14-10-5-8(7-17)1-4-13(10)20-21(18,19)9-2-3-11(15)12(16)6-9/h1-6H. The largest absolute Gasteiger partial charge is 0.377 e. The van der Waals surface area contributed by atoms with E-state index in [1.165, 1.54) is 18.2 Å². The summed E-state index contributed by atoms with van der Waals surface area (Å²) in [6, 6.07) is 7.58. The summed E-state index contributed by atoms with van der Waals surface area (Å²) >= 11 is 5.78. The first-order valence-electron chi connectivity index (χ1n) is 5.42. The van der Waals surface area contributed by atoms with E-state index in [0.717, 1.165) is 6.07 Å². The molecule has 0 fully saturated rings. The molecule has 0 saturated heterocycles. The fourth-order valence-corrected chi connectivity index (χ4v) is 2.66. The van der Waals surface area contributed by atoms with Crippen molar-refractivity contribution in [1.29, 1.82) is 5.26 Å². The van der Waals surface area contributed by atoms with Gasteiger partial charge in [0.15, 0.2) is 17.4 Å². The van der Waals surface area contributed by atoms with Crippen LogP contribution in [0.3, 0.4) is 0 Å². The highest BCUT2D eigenvalue weighted by atomic mass is 35.5. The lowest BCUT2D eigenvalue weighted by atomic mass is 10.2. The lowest BCUT2D eigenvalue weighted by Gasteiger charge is -2.08. The van der Waals surface area contributed by atoms with E-state index in [2.05, 4.69) is 0 Å². The van der Waals surface area contributed by atoms with Crippen LogP contribution >= 0.6 is 11.6 Å². The SMILES string of the molecule is N#Cc1ccc(OS(=O)(=O)c2ccc(F)c(F)c2)c(Cl)c1. The Morgan fingerprint density at radius 3 is 2.38 bits per heavy atom. The van der Waals surface area contributed by atoms with Gasteiger partial charge in [0.1, 0.15) is 4.90 Å². The van der Waals surface area contributed by atoms with Gasteiger partial charge in [-0.25, -0.2) is 8.78 Å². The van der Waals surface area contributed by atoms with Crippen molar-refractivity contribution in [2.75, 3.05) is 0 Å². The van der Waals surface area contributed by atoms with Gasteiger partial charge in [0.25, 0.3) is 0 Å². The van der Waals surface area contributed by atoms with E-state index in [1.807, 2.05) is 6.07 Å². The lowest BCUT2D eigenvalue weighted by Crippen LogP contribution is -2.10. The van der Waals surface area contributed by atoms with Gasteiger partial charge >= 0.3 is 10.1 Å². The summed E-state index contributed by atoms with van der Waals surface area (Å²) in [4.78, 5) is -0.554. The fraction of sp³-hybridized carbons (Fsp3) is 0. The smallest absolute Gasteiger partial charge is 0.339 e. The Kier molecular flexibility index (Phi) is 4.11. The quantitative estimate of drug-likeness (QED) is 0.811. The molecule has 108 valence electrons. The first kappa shape index (κ1) is 15.2. The number of nitrogens with zero attached hydrogens (tertiary/aromatic N) is 1. The molecule has 2 aromatic carbocycles. The van der Waals surface area contributed by atoms with Crippen molar-refractivity contribution < 1.29 is 21.4 Å². The van der Waals surface area contributed by atoms with Gasteiger partial charge in [-0.15, -0.1) is 0 Å². The van der Waals surface area contributed by atoms with E-state index in [0.29, 0.717) is 12.1 Å². The van der Waals surface area contributed by atoms with Crippen molar-refractivity contribution in [3.05, 3.63) is 58.6 Å². The van der Waals surface area contributed by atoms with Gasteiger partial charge in [0.05, 0.1) is 16.7 Å². The Morgan fingerprint density at radius 1 is 1.10 bits per heavy atom. The van der Waals surface area contributed by atoms with Crippen molar-refractivity contribution in [3.63, 3.8) is 0 Å². The average Bonchev–Trinajstić information content (AvgIpc) is 2.43. The zero-order valence-electron chi connectivity index (χ0n) is 10.2. The summed E-state index contributed by atoms with van der Waals surface area (Å²) in [6.45, 7) is 0. The summed E-state index contributed by atoms with van der Waals surface area (Å²) in [7, 11) is -4.37. The Morgan fingerprint density at radius 2 is 1.81 bits per heavy atom. The average molecular weight is 330 g/mol. The van der Waals surface area contributed by atoms with E-state index < -0.39 is 26.6 Å². The van der Waals surface area contributed by atoms with Crippen LogP contribution < -0.4 is 4.18 Å². The maximum Gasteiger partial charge on any atom is 0.339 e. The van der Waals surface area contributed by atoms with Crippen molar-refractivity contribution >= 4 is 21.7 Å². The minimum Gasteiger partial charge on any atom is -0.377 e. The summed E-state index contributed by atoms with van der Waals surface area (Å²) < 4.78 is 54.5. The molecule has 0 aromatic heterocycles. The Labute approximate surface area is 124 Å². The molecule has 0 atom stereocenters. The van der Waals surface area contributed by atoms with Gasteiger partial charge in [0.2, 0.25) is 0 Å². The number of rotatable bonds is 3. The molecule has 0 saturated carbocycles. The zero-order valence-corrected chi connectivity index (χ0v) is 11.8. The van der Waals surface area contributed by atoms with E-state index in [-0.39, 0.29) is 16.3 Å². The molecule has 0 aliphatic rings. The summed E-state index contributed by atoms with van der Waals surface area (Å²) in [5.41, 5.74) is 0.220. The van der Waals surface area contributed by atoms with Gasteiger partial charge < -0.3 is 4.18 Å². The molecular weight excluding hydrogens is 324 g/mol. The van der Waals surface area contributed by atoms with E-state index >= 15 is 0 Å². The summed E-state index contributed by atoms with van der Waals surface area (Å²) in [6.07, 6.45) is 0. The number of nitriles is 1. The molecule has 0 unspecified atom stereocenters. The van der Waals surface area contributed by atoms with Gasteiger partial charge in [-0.3, -0.25) is 0 Å². The van der Waals surface area contributed by atoms with Crippen LogP contribution in [0.4, 0.5) is 8.78 Å². The van der Waals surface area contributed by atoms with Gasteiger partial charge in [-0.05, 0) is 36.4 Å². The minimum atomic E-state index is -4.37. The molecule has 0 aliphatic heterocycles. The lowest BCUT2D eigenvalue weighted by molar-refractivity contribution is 0.479. The van der Waals surface area contributed by atoms with Gasteiger partial charge in [-0.2, -0.15) is 13.7 Å². The maximum atomic E-state index is 13.1. The van der Waals surface area contributed by atoms with Gasteiger partial charge in [0, 0.05) is 0 Å². The number of hydrogen-bond acceptors (Lipinski definition) is 4. The number of hydrogen-bond donors (Lipinski definition) is 0. The molecule has 0 radical (unpaired) electrons. The van der Waals surface area contributed by atoms with Crippen LogP contribution in [0.2, 0.25) is 5.02 Å². The molecule has 4 nitrogen and oxygen atoms in total. The number of benzene rings is 2. The zero-order chi connectivity index (χ0) is 15.6. The topological polar surface area (TPSA) is 67.2 Å². The molecule has 21 heavy (non-hydrogen) atoms. The normalized spacial score (nSPS) is 11.0. The summed E-state index contributed by atoms with van der Waals surface area (Å²) in [5, 5.41) is 8.58. The van der Waals surface area contributed by atoms with Crippen LogP contribution in [-0.2, 0) is 10.1 Å². The third kappa shape index (κ3) is 3.29. The monoisotopic (exact) mass is 329 g/mol. The van der Waals surface area contributed by atoms with Crippen LogP contribution in [0.15, 0.2) is 41.3 Å². The van der Waals surface area contributed by atoms with Crippen molar-refractivity contribution in [1.82, 2.24) is 0 Å². The molecule has 0 amide bonds. The second-order valence-electron chi connectivity index (χ2n) is 3.87. The molecule has 0 aliphatic carbocycles. The number of halogens is 3. The first-order chi connectivity index (χ1) is 9.83. The van der Waals surface area contributed by atoms with E-state index in [9.17, 15) is 17.2 Å². The predicted octanol–water partition coefficient (Wildman–Crippen LogP) is 3.26. The Hall–Kier alpha value is -2.17. The van der Waals surface area contributed by atoms with Crippen LogP contribution in [0.1, 0.15) is 5.56 Å². The molecule has 0 heterocycles. The second kappa shape index (κ2) is 5.68. The molecule has 0 spiro atoms. The van der Waals surface area contributed by atoms with Gasteiger partial charge in [-0.1, -0.05) is 11.6 Å². The molecule has 2 aromatic rings. The Balaban J connectivity index is 2.37. The predicted molar refractivity (Wildman–Crippen MR) is 70.3 cm³/mol. The minimum absolute atomic E-state index is 0.0970.